The van der Waals surface area contributed by atoms with Crippen LogP contribution in [0.1, 0.15) is 72.1 Å². The Balaban J connectivity index is 1.80. The molecule has 8 atom stereocenters. The fraction of sp³-hybridized carbons (Fsp3) is 0.905. The van der Waals surface area contributed by atoms with E-state index in [0.717, 1.165) is 25.7 Å². The summed E-state index contributed by atoms with van der Waals surface area (Å²) in [5.41, 5.74) is 17.3. The second-order valence-electron chi connectivity index (χ2n) is 10.3. The molecule has 4 rings (SSSR count). The van der Waals surface area contributed by atoms with Crippen LogP contribution in [0, 0.1) is 28.6 Å². The maximum Gasteiger partial charge on any atom is 0.302 e. The Morgan fingerprint density at radius 1 is 1.13 bits per heavy atom. The maximum absolute atomic E-state index is 12.7. The van der Waals surface area contributed by atoms with Crippen LogP contribution in [0.15, 0.2) is 10.2 Å². The number of hydrogen-bond donors (Lipinski definition) is 0. The number of azide groups is 2. The zero-order valence-corrected chi connectivity index (χ0v) is 18.0. The van der Waals surface area contributed by atoms with Crippen molar-refractivity contribution in [2.24, 2.45) is 38.8 Å². The molecule has 0 aromatic heterocycles. The molecule has 0 saturated heterocycles. The number of nitrogens with zero attached hydrogens (tertiary/aromatic N) is 6. The van der Waals surface area contributed by atoms with Crippen molar-refractivity contribution in [1.82, 2.24) is 0 Å². The summed E-state index contributed by atoms with van der Waals surface area (Å²) in [5.74, 6) is 0.846. The van der Waals surface area contributed by atoms with Gasteiger partial charge < -0.3 is 4.74 Å². The van der Waals surface area contributed by atoms with Gasteiger partial charge in [0.2, 0.25) is 0 Å². The molecule has 0 radical (unpaired) electrons. The van der Waals surface area contributed by atoms with Gasteiger partial charge in [-0.05, 0) is 79.2 Å². The van der Waals surface area contributed by atoms with E-state index in [1.54, 1.807) is 0 Å². The molecule has 30 heavy (non-hydrogen) atoms. The molecule has 9 nitrogen and oxygen atoms in total. The van der Waals surface area contributed by atoms with Crippen molar-refractivity contribution in [3.05, 3.63) is 20.9 Å². The van der Waals surface area contributed by atoms with E-state index in [1.165, 1.54) is 6.92 Å². The zero-order valence-electron chi connectivity index (χ0n) is 18.0. The molecule has 4 saturated carbocycles. The summed E-state index contributed by atoms with van der Waals surface area (Å²) in [5, 5.41) is 8.49. The van der Waals surface area contributed by atoms with Crippen molar-refractivity contribution in [1.29, 1.82) is 0 Å². The van der Waals surface area contributed by atoms with Crippen LogP contribution in [-0.2, 0) is 14.3 Å². The summed E-state index contributed by atoms with van der Waals surface area (Å²) in [6.07, 6.45) is 5.36. The molecule has 4 aliphatic carbocycles. The van der Waals surface area contributed by atoms with Gasteiger partial charge in [0.15, 0.2) is 0 Å². The van der Waals surface area contributed by atoms with Crippen LogP contribution in [0.4, 0.5) is 0 Å². The summed E-state index contributed by atoms with van der Waals surface area (Å²) in [7, 11) is 0. The topological polar surface area (TPSA) is 141 Å². The number of ketones is 1. The van der Waals surface area contributed by atoms with Crippen LogP contribution in [0.3, 0.4) is 0 Å². The lowest BCUT2D eigenvalue weighted by Gasteiger charge is -2.65. The smallest absolute Gasteiger partial charge is 0.302 e. The van der Waals surface area contributed by atoms with E-state index in [1.807, 2.05) is 0 Å². The summed E-state index contributed by atoms with van der Waals surface area (Å²) in [6, 6.07) is -0.513. The third-order valence-electron chi connectivity index (χ3n) is 9.27. The first kappa shape index (κ1) is 21.0. The highest BCUT2D eigenvalue weighted by Gasteiger charge is 2.67. The van der Waals surface area contributed by atoms with Crippen LogP contribution in [-0.4, -0.2) is 29.4 Å². The van der Waals surface area contributed by atoms with Crippen LogP contribution < -0.4 is 0 Å². The molecular formula is C21H30N6O3. The number of carbonyl (C=O) groups excluding carboxylic acids is 2. The summed E-state index contributed by atoms with van der Waals surface area (Å²) in [6.45, 7) is 5.66. The van der Waals surface area contributed by atoms with Gasteiger partial charge in [0, 0.05) is 34.6 Å². The molecule has 0 aliphatic heterocycles. The SMILES string of the molecule is CC(=O)O[C@H]1CC[C@]2(C)[C@H]3CC[C@]4(C)C(=O)CC[C@H]4[C@@H]3C[C@@H](N=[N+]=[N-])[C@@]2(N=[N+]=[N-])C1. The van der Waals surface area contributed by atoms with Crippen LogP contribution >= 0.6 is 0 Å². The van der Waals surface area contributed by atoms with Gasteiger partial charge in [0.1, 0.15) is 11.9 Å². The number of rotatable bonds is 3. The minimum atomic E-state index is -0.927. The van der Waals surface area contributed by atoms with Crippen LogP contribution in [0.25, 0.3) is 20.9 Å². The van der Waals surface area contributed by atoms with Gasteiger partial charge in [-0.2, -0.15) is 0 Å². The predicted molar refractivity (Wildman–Crippen MR) is 109 cm³/mol. The van der Waals surface area contributed by atoms with Gasteiger partial charge in [0.05, 0.1) is 5.54 Å². The van der Waals surface area contributed by atoms with Crippen molar-refractivity contribution in [2.45, 2.75) is 89.8 Å². The largest absolute Gasteiger partial charge is 0.463 e. The summed E-state index contributed by atoms with van der Waals surface area (Å²) < 4.78 is 5.52. The molecule has 4 aliphatic rings. The zero-order chi connectivity index (χ0) is 21.7. The molecule has 0 amide bonds. The fourth-order valence-electron chi connectivity index (χ4n) is 7.86. The first-order chi connectivity index (χ1) is 14.2. The lowest BCUT2D eigenvalue weighted by Crippen LogP contribution is -2.67. The highest BCUT2D eigenvalue weighted by atomic mass is 16.5. The lowest BCUT2D eigenvalue weighted by atomic mass is 9.41. The van der Waals surface area contributed by atoms with Crippen molar-refractivity contribution in [2.75, 3.05) is 0 Å². The van der Waals surface area contributed by atoms with Crippen molar-refractivity contribution in [3.63, 3.8) is 0 Å². The molecule has 0 bridgehead atoms. The molecule has 0 unspecified atom stereocenters. The highest BCUT2D eigenvalue weighted by Crippen LogP contribution is 2.68. The van der Waals surface area contributed by atoms with Crippen molar-refractivity contribution < 1.29 is 14.3 Å². The molecule has 162 valence electrons. The average molecular weight is 415 g/mol. The molecule has 0 aromatic carbocycles. The third kappa shape index (κ3) is 2.75. The van der Waals surface area contributed by atoms with E-state index in [0.29, 0.717) is 31.5 Å². The van der Waals surface area contributed by atoms with Crippen molar-refractivity contribution >= 4 is 11.8 Å². The Labute approximate surface area is 176 Å². The molecule has 4 fully saturated rings. The van der Waals surface area contributed by atoms with Crippen LogP contribution in [0.5, 0.6) is 0 Å². The second kappa shape index (κ2) is 7.17. The Bertz CT molecular complexity index is 865. The van der Waals surface area contributed by atoms with Crippen LogP contribution in [0.2, 0.25) is 0 Å². The van der Waals surface area contributed by atoms with Gasteiger partial charge in [0.25, 0.3) is 0 Å². The molecule has 9 heteroatoms. The standard InChI is InChI=1S/C21H30N6O3/c1-12(28)30-13-6-9-20(3)16-7-8-19(2)15(4-5-18(19)29)14(16)10-17(24-26-22)21(20,11-13)25-27-23/h13-17H,4-11H2,1-3H3/t13-,14-,15-,16-,17+,19-,20+,21-/m0/s1. The molecule has 0 heterocycles. The van der Waals surface area contributed by atoms with E-state index in [4.69, 9.17) is 4.74 Å². The van der Waals surface area contributed by atoms with Crippen molar-refractivity contribution in [3.8, 4) is 0 Å². The lowest BCUT2D eigenvalue weighted by molar-refractivity contribution is -0.166. The van der Waals surface area contributed by atoms with E-state index < -0.39 is 11.6 Å². The second-order valence-corrected chi connectivity index (χ2v) is 10.3. The summed E-state index contributed by atoms with van der Waals surface area (Å²) in [4.78, 5) is 30.6. The van der Waals surface area contributed by atoms with E-state index in [9.17, 15) is 20.7 Å². The van der Waals surface area contributed by atoms with E-state index in [2.05, 4.69) is 33.9 Å². The number of esters is 1. The minimum absolute atomic E-state index is 0.267. The molecular weight excluding hydrogens is 384 g/mol. The molecule has 0 N–H and O–H groups in total. The van der Waals surface area contributed by atoms with E-state index in [-0.39, 0.29) is 40.7 Å². The Morgan fingerprint density at radius 3 is 2.57 bits per heavy atom. The fourth-order valence-corrected chi connectivity index (χ4v) is 7.86. The first-order valence-corrected chi connectivity index (χ1v) is 11.0. The average Bonchev–Trinajstić information content (AvgIpc) is 2.99. The number of hydrogen-bond acceptors (Lipinski definition) is 5. The Morgan fingerprint density at radius 2 is 1.90 bits per heavy atom. The van der Waals surface area contributed by atoms with Gasteiger partial charge in [-0.15, -0.1) is 0 Å². The first-order valence-electron chi connectivity index (χ1n) is 11.0. The van der Waals surface area contributed by atoms with Gasteiger partial charge in [-0.3, -0.25) is 9.59 Å². The van der Waals surface area contributed by atoms with Gasteiger partial charge in [-0.25, -0.2) is 0 Å². The molecule has 0 aromatic rings. The number of ether oxygens (including phenoxy) is 1. The quantitative estimate of drug-likeness (QED) is 0.269. The molecule has 0 spiro atoms. The normalized spacial score (nSPS) is 47.0. The number of carbonyl (C=O) groups is 2. The number of fused-ring (bicyclic) bond motifs is 5. The van der Waals surface area contributed by atoms with Gasteiger partial charge >= 0.3 is 5.97 Å². The monoisotopic (exact) mass is 414 g/mol. The Kier molecular flexibility index (Phi) is 5.02. The Hall–Kier alpha value is -2.24. The third-order valence-corrected chi connectivity index (χ3v) is 9.27. The highest BCUT2D eigenvalue weighted by molar-refractivity contribution is 5.87. The summed E-state index contributed by atoms with van der Waals surface area (Å²) >= 11 is 0. The number of Topliss-reactive ketones (excluding diaryl/α,β-unsaturated/α-hetero) is 1. The predicted octanol–water partition coefficient (Wildman–Crippen LogP) is 5.25. The van der Waals surface area contributed by atoms with Gasteiger partial charge in [-0.1, -0.05) is 24.1 Å². The minimum Gasteiger partial charge on any atom is -0.463 e. The maximum atomic E-state index is 12.7. The van der Waals surface area contributed by atoms with E-state index >= 15 is 0 Å².